The molecule has 0 bridgehead atoms. The Morgan fingerprint density at radius 1 is 1.25 bits per heavy atom. The molecule has 0 unspecified atom stereocenters. The Morgan fingerprint density at radius 3 is 2.81 bits per heavy atom. The number of amides is 1. The fraction of sp³-hybridized carbons (Fsp3) is 0.130. The normalized spacial score (nSPS) is 11.2. The van der Waals surface area contributed by atoms with Gasteiger partial charge in [-0.3, -0.25) is 14.8 Å². The third kappa shape index (κ3) is 3.78. The smallest absolute Gasteiger partial charge is 0.258 e. The average Bonchev–Trinajstić information content (AvgIpc) is 3.51. The summed E-state index contributed by atoms with van der Waals surface area (Å²) < 4.78 is 20.2. The van der Waals surface area contributed by atoms with Gasteiger partial charge in [-0.25, -0.2) is 14.4 Å². The van der Waals surface area contributed by atoms with Crippen molar-refractivity contribution < 1.29 is 13.6 Å². The molecule has 0 aliphatic heterocycles. The highest BCUT2D eigenvalue weighted by Crippen LogP contribution is 2.28. The molecule has 9 heteroatoms. The van der Waals surface area contributed by atoms with Gasteiger partial charge < -0.3 is 4.42 Å². The summed E-state index contributed by atoms with van der Waals surface area (Å²) in [6.45, 7) is 1.84. The number of pyridine rings is 1. The lowest BCUT2D eigenvalue weighted by Crippen LogP contribution is -2.13. The Labute approximate surface area is 186 Å². The molecule has 0 saturated heterocycles. The monoisotopic (exact) mass is 447 g/mol. The number of hydrogen-bond acceptors (Lipinski definition) is 6. The summed E-state index contributed by atoms with van der Waals surface area (Å²) >= 11 is 1.38. The number of nitrogens with one attached hydrogen (secondary N) is 1. The highest BCUT2D eigenvalue weighted by Gasteiger charge is 2.21. The zero-order valence-electron chi connectivity index (χ0n) is 17.3. The Balaban J connectivity index is 1.45. The van der Waals surface area contributed by atoms with Crippen LogP contribution in [0.3, 0.4) is 0 Å². The van der Waals surface area contributed by atoms with Gasteiger partial charge in [0.05, 0.1) is 22.9 Å². The van der Waals surface area contributed by atoms with Crippen LogP contribution in [0.1, 0.15) is 26.5 Å². The van der Waals surface area contributed by atoms with Gasteiger partial charge in [-0.2, -0.15) is 5.10 Å². The van der Waals surface area contributed by atoms with E-state index in [1.165, 1.54) is 23.5 Å². The Kier molecular flexibility index (Phi) is 5.02. The molecule has 0 atom stereocenters. The second kappa shape index (κ2) is 8.01. The van der Waals surface area contributed by atoms with Gasteiger partial charge in [0.25, 0.3) is 5.91 Å². The molecular weight excluding hydrogens is 429 g/mol. The Morgan fingerprint density at radius 2 is 2.06 bits per heavy atom. The van der Waals surface area contributed by atoms with Gasteiger partial charge in [-0.15, -0.1) is 11.3 Å². The van der Waals surface area contributed by atoms with Crippen molar-refractivity contribution in [3.05, 3.63) is 82.4 Å². The molecule has 0 aliphatic carbocycles. The van der Waals surface area contributed by atoms with Crippen molar-refractivity contribution in [1.29, 1.82) is 0 Å². The maximum absolute atomic E-state index is 13.2. The first kappa shape index (κ1) is 20.1. The first-order chi connectivity index (χ1) is 15.5. The molecule has 1 aromatic carbocycles. The van der Waals surface area contributed by atoms with Crippen molar-refractivity contribution in [2.45, 2.75) is 13.3 Å². The van der Waals surface area contributed by atoms with Crippen molar-refractivity contribution in [1.82, 2.24) is 19.7 Å². The van der Waals surface area contributed by atoms with Crippen LogP contribution in [0.4, 0.5) is 9.52 Å². The third-order valence-corrected chi connectivity index (χ3v) is 5.97. The number of aromatic nitrogens is 4. The van der Waals surface area contributed by atoms with E-state index in [1.54, 1.807) is 54.5 Å². The fourth-order valence-electron chi connectivity index (χ4n) is 3.59. The van der Waals surface area contributed by atoms with Crippen molar-refractivity contribution >= 4 is 33.4 Å². The molecule has 1 amide bonds. The molecule has 4 aromatic heterocycles. The predicted octanol–water partition coefficient (Wildman–Crippen LogP) is 4.98. The quantitative estimate of drug-likeness (QED) is 0.411. The number of aryl methyl sites for hydroxylation is 2. The number of carbonyl (C=O) groups is 1. The van der Waals surface area contributed by atoms with Crippen LogP contribution in [-0.4, -0.2) is 25.7 Å². The summed E-state index contributed by atoms with van der Waals surface area (Å²) in [5.41, 5.74) is 3.27. The number of fused-ring (bicyclic) bond motifs is 1. The number of hydrogen-bond donors (Lipinski definition) is 1. The molecule has 5 rings (SSSR count). The molecule has 0 aliphatic rings. The largest absolute Gasteiger partial charge is 0.463 e. The van der Waals surface area contributed by atoms with E-state index in [1.807, 2.05) is 6.92 Å². The molecule has 0 radical (unpaired) electrons. The van der Waals surface area contributed by atoms with Crippen LogP contribution in [0.5, 0.6) is 0 Å². The Hall–Kier alpha value is -3.85. The number of thiazole rings is 1. The van der Waals surface area contributed by atoms with Crippen LogP contribution in [-0.2, 0) is 13.5 Å². The van der Waals surface area contributed by atoms with Crippen LogP contribution >= 0.6 is 11.3 Å². The second-order valence-corrected chi connectivity index (χ2v) is 8.44. The molecule has 5 aromatic rings. The number of halogens is 1. The van der Waals surface area contributed by atoms with E-state index < -0.39 is 0 Å². The summed E-state index contributed by atoms with van der Waals surface area (Å²) in [4.78, 5) is 23.2. The third-order valence-electron chi connectivity index (χ3n) is 5.05. The number of nitrogens with zero attached hydrogens (tertiary/aromatic N) is 4. The van der Waals surface area contributed by atoms with Crippen molar-refractivity contribution in [2.24, 2.45) is 7.05 Å². The minimum absolute atomic E-state index is 0.269. The maximum Gasteiger partial charge on any atom is 0.258 e. The number of rotatable bonds is 5. The van der Waals surface area contributed by atoms with Gasteiger partial charge in [-0.1, -0.05) is 12.1 Å². The number of anilines is 1. The molecule has 0 fully saturated rings. The number of furan rings is 1. The summed E-state index contributed by atoms with van der Waals surface area (Å²) in [6.07, 6.45) is 3.89. The lowest BCUT2D eigenvalue weighted by atomic mass is 10.1. The number of benzene rings is 1. The standard InChI is InChI=1S/C23H18FN5O2S/c1-13-20-17(11-18(19-4-3-9-31-19)26-21(20)29(2)28-13)22(30)27-23-25-12-16(32-23)10-14-5-7-15(24)8-6-14/h3-9,11-12H,10H2,1-2H3,(H,25,27,30). The van der Waals surface area contributed by atoms with Crippen molar-refractivity contribution in [2.75, 3.05) is 5.32 Å². The first-order valence-electron chi connectivity index (χ1n) is 9.86. The molecule has 0 saturated carbocycles. The summed E-state index contributed by atoms with van der Waals surface area (Å²) in [7, 11) is 1.79. The topological polar surface area (TPSA) is 85.8 Å². The van der Waals surface area contributed by atoms with E-state index in [2.05, 4.69) is 20.4 Å². The van der Waals surface area contributed by atoms with E-state index in [-0.39, 0.29) is 11.7 Å². The lowest BCUT2D eigenvalue weighted by Gasteiger charge is -2.07. The highest BCUT2D eigenvalue weighted by molar-refractivity contribution is 7.15. The average molecular weight is 447 g/mol. The summed E-state index contributed by atoms with van der Waals surface area (Å²) in [5.74, 6) is -0.00564. The fourth-order valence-corrected chi connectivity index (χ4v) is 4.43. The van der Waals surface area contributed by atoms with Gasteiger partial charge in [0, 0.05) is 24.5 Å². The minimum Gasteiger partial charge on any atom is -0.463 e. The van der Waals surface area contributed by atoms with Gasteiger partial charge >= 0.3 is 0 Å². The van der Waals surface area contributed by atoms with E-state index in [4.69, 9.17) is 4.42 Å². The predicted molar refractivity (Wildman–Crippen MR) is 120 cm³/mol. The Bertz CT molecular complexity index is 1420. The van der Waals surface area contributed by atoms with Gasteiger partial charge in [0.2, 0.25) is 0 Å². The summed E-state index contributed by atoms with van der Waals surface area (Å²) in [6, 6.07) is 11.6. The zero-order valence-corrected chi connectivity index (χ0v) is 18.1. The first-order valence-corrected chi connectivity index (χ1v) is 10.7. The van der Waals surface area contributed by atoms with E-state index in [0.717, 1.165) is 10.4 Å². The van der Waals surface area contributed by atoms with Gasteiger partial charge in [-0.05, 0) is 42.8 Å². The SMILES string of the molecule is Cc1nn(C)c2nc(-c3ccco3)cc(C(=O)Nc3ncc(Cc4ccc(F)cc4)s3)c12. The zero-order chi connectivity index (χ0) is 22.2. The second-order valence-electron chi connectivity index (χ2n) is 7.33. The van der Waals surface area contributed by atoms with Crippen LogP contribution < -0.4 is 5.32 Å². The van der Waals surface area contributed by atoms with E-state index in [0.29, 0.717) is 45.3 Å². The molecule has 160 valence electrons. The molecule has 32 heavy (non-hydrogen) atoms. The summed E-state index contributed by atoms with van der Waals surface area (Å²) in [5, 5.41) is 8.48. The van der Waals surface area contributed by atoms with E-state index >= 15 is 0 Å². The maximum atomic E-state index is 13.2. The molecular formula is C23H18FN5O2S. The van der Waals surface area contributed by atoms with Crippen LogP contribution in [0, 0.1) is 12.7 Å². The number of carbonyl (C=O) groups excluding carboxylic acids is 1. The van der Waals surface area contributed by atoms with Gasteiger partial charge in [0.15, 0.2) is 16.5 Å². The molecule has 0 spiro atoms. The molecule has 7 nitrogen and oxygen atoms in total. The molecule has 1 N–H and O–H groups in total. The lowest BCUT2D eigenvalue weighted by molar-refractivity contribution is 0.102. The van der Waals surface area contributed by atoms with E-state index in [9.17, 15) is 9.18 Å². The van der Waals surface area contributed by atoms with Gasteiger partial charge in [0.1, 0.15) is 11.5 Å². The van der Waals surface area contributed by atoms with Crippen molar-refractivity contribution in [3.63, 3.8) is 0 Å². The van der Waals surface area contributed by atoms with Crippen LogP contribution in [0.25, 0.3) is 22.5 Å². The van der Waals surface area contributed by atoms with Crippen molar-refractivity contribution in [3.8, 4) is 11.5 Å². The minimum atomic E-state index is -0.302. The van der Waals surface area contributed by atoms with Crippen LogP contribution in [0.2, 0.25) is 0 Å². The highest BCUT2D eigenvalue weighted by atomic mass is 32.1. The van der Waals surface area contributed by atoms with Crippen LogP contribution in [0.15, 0.2) is 59.3 Å². The molecule has 4 heterocycles.